The topological polar surface area (TPSA) is 68.3 Å². The maximum atomic E-state index is 5.73. The zero-order chi connectivity index (χ0) is 20.9. The molecule has 0 bridgehead atoms. The first kappa shape index (κ1) is 20.6. The van der Waals surface area contributed by atoms with Crippen LogP contribution >= 0.6 is 0 Å². The Morgan fingerprint density at radius 2 is 2.00 bits per heavy atom. The van der Waals surface area contributed by atoms with Gasteiger partial charge in [-0.05, 0) is 81.0 Å². The number of rotatable bonds is 10. The van der Waals surface area contributed by atoms with Gasteiger partial charge in [0.15, 0.2) is 0 Å². The second-order valence-corrected chi connectivity index (χ2v) is 8.14. The number of hydrogen-bond donors (Lipinski definition) is 2. The van der Waals surface area contributed by atoms with Gasteiger partial charge in [0.1, 0.15) is 5.75 Å². The fourth-order valence-electron chi connectivity index (χ4n) is 3.21. The highest BCUT2D eigenvalue weighted by atomic mass is 16.6. The molecular weight excluding hydrogens is 376 g/mol. The van der Waals surface area contributed by atoms with Crippen molar-refractivity contribution in [3.63, 3.8) is 0 Å². The Bertz CT molecular complexity index is 1000. The van der Waals surface area contributed by atoms with Gasteiger partial charge in [0.25, 0.3) is 0 Å². The molecule has 0 amide bonds. The number of hydroxylamine groups is 1. The van der Waals surface area contributed by atoms with Gasteiger partial charge in [0, 0.05) is 30.8 Å². The monoisotopic (exact) mass is 406 g/mol. The average Bonchev–Trinajstić information content (AvgIpc) is 3.57. The number of ether oxygens (including phenoxy) is 1. The summed E-state index contributed by atoms with van der Waals surface area (Å²) in [6.07, 6.45) is 5.44. The van der Waals surface area contributed by atoms with Crippen LogP contribution in [-0.2, 0) is 4.74 Å². The highest BCUT2D eigenvalue weighted by Gasteiger charge is 2.21. The first-order valence-electron chi connectivity index (χ1n) is 10.7. The molecule has 1 saturated carbocycles. The fraction of sp³-hybridized carbons (Fsp3) is 0.417. The molecule has 0 radical (unpaired) electrons. The summed E-state index contributed by atoms with van der Waals surface area (Å²) in [7, 11) is 0. The summed E-state index contributed by atoms with van der Waals surface area (Å²) in [6.45, 7) is 7.73. The summed E-state index contributed by atoms with van der Waals surface area (Å²) >= 11 is 0. The highest BCUT2D eigenvalue weighted by molar-refractivity contribution is 5.85. The number of aryl methyl sites for hydroxylation is 1. The SMILES string of the molecule is Cc1ccc(ONC2CC2)cc1-c1ccc2nc(NCCCOC(C)C)ncc2c1. The van der Waals surface area contributed by atoms with Crippen molar-refractivity contribution in [2.24, 2.45) is 0 Å². The molecular formula is C24H30N4O2. The lowest BCUT2D eigenvalue weighted by molar-refractivity contribution is 0.0787. The van der Waals surface area contributed by atoms with Crippen molar-refractivity contribution in [3.8, 4) is 16.9 Å². The Hall–Kier alpha value is -2.70. The molecule has 0 atom stereocenters. The first-order chi connectivity index (χ1) is 14.6. The van der Waals surface area contributed by atoms with E-state index < -0.39 is 0 Å². The van der Waals surface area contributed by atoms with Crippen molar-refractivity contribution in [2.75, 3.05) is 18.5 Å². The van der Waals surface area contributed by atoms with E-state index in [1.165, 1.54) is 18.4 Å². The molecule has 1 fully saturated rings. The van der Waals surface area contributed by atoms with Crippen LogP contribution in [-0.4, -0.2) is 35.3 Å². The smallest absolute Gasteiger partial charge is 0.223 e. The number of nitrogens with one attached hydrogen (secondary N) is 2. The minimum atomic E-state index is 0.265. The summed E-state index contributed by atoms with van der Waals surface area (Å²) in [5, 5.41) is 4.29. The van der Waals surface area contributed by atoms with Gasteiger partial charge in [-0.25, -0.2) is 9.97 Å². The lowest BCUT2D eigenvalue weighted by Crippen LogP contribution is -2.20. The van der Waals surface area contributed by atoms with E-state index in [0.717, 1.165) is 47.4 Å². The summed E-state index contributed by atoms with van der Waals surface area (Å²) in [6, 6.07) is 13.0. The summed E-state index contributed by atoms with van der Waals surface area (Å²) in [5.74, 6) is 1.48. The van der Waals surface area contributed by atoms with Gasteiger partial charge in [-0.15, -0.1) is 0 Å². The quantitative estimate of drug-likeness (QED) is 0.369. The minimum Gasteiger partial charge on any atom is -0.408 e. The molecule has 2 N–H and O–H groups in total. The number of nitrogens with zero attached hydrogens (tertiary/aromatic N) is 2. The molecule has 0 saturated heterocycles. The molecule has 0 spiro atoms. The molecule has 1 aliphatic carbocycles. The van der Waals surface area contributed by atoms with Gasteiger partial charge >= 0.3 is 0 Å². The molecule has 6 nitrogen and oxygen atoms in total. The maximum absolute atomic E-state index is 5.73. The predicted molar refractivity (Wildman–Crippen MR) is 121 cm³/mol. The Balaban J connectivity index is 1.45. The van der Waals surface area contributed by atoms with Gasteiger partial charge in [-0.3, -0.25) is 0 Å². The lowest BCUT2D eigenvalue weighted by Gasteiger charge is -2.12. The van der Waals surface area contributed by atoms with Crippen LogP contribution in [0.5, 0.6) is 5.75 Å². The van der Waals surface area contributed by atoms with E-state index in [1.807, 2.05) is 26.1 Å². The van der Waals surface area contributed by atoms with Gasteiger partial charge in [-0.2, -0.15) is 5.48 Å². The van der Waals surface area contributed by atoms with E-state index in [-0.39, 0.29) is 6.10 Å². The Morgan fingerprint density at radius 1 is 1.13 bits per heavy atom. The lowest BCUT2D eigenvalue weighted by atomic mass is 9.99. The minimum absolute atomic E-state index is 0.265. The molecule has 0 aliphatic heterocycles. The van der Waals surface area contributed by atoms with Crippen molar-refractivity contribution in [2.45, 2.75) is 52.2 Å². The standard InChI is InChI=1S/C24H30N4O2/c1-16(2)29-12-4-11-25-24-26-15-19-13-18(6-10-23(19)27-24)22-14-21(9-5-17(22)3)30-28-20-7-8-20/h5-6,9-10,13-16,20,28H,4,7-8,11-12H2,1-3H3,(H,25,26,27). The normalized spacial score (nSPS) is 13.7. The molecule has 30 heavy (non-hydrogen) atoms. The van der Waals surface area contributed by atoms with Crippen LogP contribution in [0.15, 0.2) is 42.6 Å². The third-order valence-corrected chi connectivity index (χ3v) is 5.08. The third-order valence-electron chi connectivity index (χ3n) is 5.08. The van der Waals surface area contributed by atoms with E-state index in [2.05, 4.69) is 58.0 Å². The van der Waals surface area contributed by atoms with Crippen molar-refractivity contribution in [3.05, 3.63) is 48.2 Å². The molecule has 1 aliphatic rings. The molecule has 3 aromatic rings. The predicted octanol–water partition coefficient (Wildman–Crippen LogP) is 4.88. The second-order valence-electron chi connectivity index (χ2n) is 8.14. The van der Waals surface area contributed by atoms with Crippen LogP contribution in [0.3, 0.4) is 0 Å². The molecule has 2 aromatic carbocycles. The van der Waals surface area contributed by atoms with Crippen LogP contribution in [0.4, 0.5) is 5.95 Å². The molecule has 158 valence electrons. The molecule has 4 rings (SSSR count). The molecule has 1 aromatic heterocycles. The van der Waals surface area contributed by atoms with Crippen LogP contribution in [0, 0.1) is 6.92 Å². The van der Waals surface area contributed by atoms with E-state index >= 15 is 0 Å². The fourth-order valence-corrected chi connectivity index (χ4v) is 3.21. The van der Waals surface area contributed by atoms with Gasteiger partial charge in [-0.1, -0.05) is 12.1 Å². The van der Waals surface area contributed by atoms with E-state index in [1.54, 1.807) is 0 Å². The zero-order valence-electron chi connectivity index (χ0n) is 17.9. The van der Waals surface area contributed by atoms with Crippen LogP contribution in [0.1, 0.15) is 38.7 Å². The number of benzene rings is 2. The summed E-state index contributed by atoms with van der Waals surface area (Å²) in [4.78, 5) is 14.8. The van der Waals surface area contributed by atoms with Crippen LogP contribution in [0.25, 0.3) is 22.0 Å². The second kappa shape index (κ2) is 9.41. The van der Waals surface area contributed by atoms with Crippen molar-refractivity contribution < 1.29 is 9.57 Å². The van der Waals surface area contributed by atoms with Crippen LogP contribution < -0.4 is 15.6 Å². The Kier molecular flexibility index (Phi) is 6.45. The summed E-state index contributed by atoms with van der Waals surface area (Å²) in [5.41, 5.74) is 7.52. The molecule has 1 heterocycles. The van der Waals surface area contributed by atoms with Crippen molar-refractivity contribution >= 4 is 16.9 Å². The number of aromatic nitrogens is 2. The van der Waals surface area contributed by atoms with E-state index in [0.29, 0.717) is 12.0 Å². The van der Waals surface area contributed by atoms with Crippen molar-refractivity contribution in [1.29, 1.82) is 0 Å². The van der Waals surface area contributed by atoms with Crippen molar-refractivity contribution in [1.82, 2.24) is 15.4 Å². The average molecular weight is 407 g/mol. The number of hydrogen-bond acceptors (Lipinski definition) is 6. The Morgan fingerprint density at radius 3 is 2.80 bits per heavy atom. The van der Waals surface area contributed by atoms with Gasteiger partial charge in [0.2, 0.25) is 5.95 Å². The molecule has 6 heteroatoms. The largest absolute Gasteiger partial charge is 0.408 e. The van der Waals surface area contributed by atoms with E-state index in [9.17, 15) is 0 Å². The van der Waals surface area contributed by atoms with Gasteiger partial charge in [0.05, 0.1) is 11.6 Å². The number of anilines is 1. The van der Waals surface area contributed by atoms with Gasteiger partial charge < -0.3 is 14.9 Å². The Labute approximate surface area is 178 Å². The third kappa shape index (κ3) is 5.46. The zero-order valence-corrected chi connectivity index (χ0v) is 17.9. The number of fused-ring (bicyclic) bond motifs is 1. The molecule has 0 unspecified atom stereocenters. The maximum Gasteiger partial charge on any atom is 0.223 e. The first-order valence-corrected chi connectivity index (χ1v) is 10.7. The summed E-state index contributed by atoms with van der Waals surface area (Å²) < 4.78 is 5.56. The highest BCUT2D eigenvalue weighted by Crippen LogP contribution is 2.30. The van der Waals surface area contributed by atoms with E-state index in [4.69, 9.17) is 9.57 Å². The van der Waals surface area contributed by atoms with Crippen LogP contribution in [0.2, 0.25) is 0 Å².